The SMILES string of the molecule is CC(C)(C)OC(=O)NC1CCN(c2c(F)cccc2N=C(N)CCl)C1. The van der Waals surface area contributed by atoms with Crippen LogP contribution in [0.25, 0.3) is 0 Å². The van der Waals surface area contributed by atoms with Crippen LogP contribution in [0.15, 0.2) is 23.2 Å². The molecule has 1 unspecified atom stereocenters. The molecule has 1 fully saturated rings. The van der Waals surface area contributed by atoms with Crippen LogP contribution in [0.4, 0.5) is 20.6 Å². The first kappa shape index (κ1) is 19.3. The lowest BCUT2D eigenvalue weighted by atomic mass is 10.2. The molecule has 1 atom stereocenters. The molecule has 1 aromatic rings. The second-order valence-electron chi connectivity index (χ2n) is 6.92. The van der Waals surface area contributed by atoms with Gasteiger partial charge in [0.25, 0.3) is 0 Å². The van der Waals surface area contributed by atoms with E-state index in [2.05, 4.69) is 10.3 Å². The second kappa shape index (κ2) is 7.91. The summed E-state index contributed by atoms with van der Waals surface area (Å²) in [6.45, 7) is 6.46. The van der Waals surface area contributed by atoms with Crippen molar-refractivity contribution in [3.8, 4) is 0 Å². The molecule has 1 amide bonds. The van der Waals surface area contributed by atoms with Crippen LogP contribution in [0.1, 0.15) is 27.2 Å². The standard InChI is InChI=1S/C17H24ClFN4O2/c1-17(2,3)25-16(24)21-11-7-8-23(10-11)15-12(19)5-4-6-13(15)22-14(20)9-18/h4-6,11H,7-10H2,1-3H3,(H2,20,22)(H,21,24). The second-order valence-corrected chi connectivity index (χ2v) is 7.19. The molecule has 0 spiro atoms. The third-order valence-electron chi connectivity index (χ3n) is 3.59. The summed E-state index contributed by atoms with van der Waals surface area (Å²) in [5.41, 5.74) is 5.91. The number of amides is 1. The molecule has 138 valence electrons. The van der Waals surface area contributed by atoms with Crippen molar-refractivity contribution < 1.29 is 13.9 Å². The van der Waals surface area contributed by atoms with Crippen molar-refractivity contribution in [3.63, 3.8) is 0 Å². The van der Waals surface area contributed by atoms with Gasteiger partial charge in [-0.15, -0.1) is 11.6 Å². The topological polar surface area (TPSA) is 80.0 Å². The third-order valence-corrected chi connectivity index (χ3v) is 3.87. The number of nitrogens with one attached hydrogen (secondary N) is 1. The van der Waals surface area contributed by atoms with Crippen LogP contribution in [0.3, 0.4) is 0 Å². The van der Waals surface area contributed by atoms with Crippen LogP contribution in [-0.4, -0.2) is 42.5 Å². The maximum Gasteiger partial charge on any atom is 0.407 e. The number of para-hydroxylation sites is 1. The number of anilines is 1. The zero-order chi connectivity index (χ0) is 18.6. The number of nitrogens with zero attached hydrogens (tertiary/aromatic N) is 2. The number of hydrogen-bond acceptors (Lipinski definition) is 4. The van der Waals surface area contributed by atoms with Gasteiger partial charge in [0.05, 0.1) is 23.3 Å². The van der Waals surface area contributed by atoms with Crippen LogP contribution in [0.5, 0.6) is 0 Å². The lowest BCUT2D eigenvalue weighted by molar-refractivity contribution is 0.0509. The molecule has 0 saturated carbocycles. The van der Waals surface area contributed by atoms with Crippen molar-refractivity contribution in [2.24, 2.45) is 10.7 Å². The van der Waals surface area contributed by atoms with Gasteiger partial charge in [0.1, 0.15) is 17.3 Å². The summed E-state index contributed by atoms with van der Waals surface area (Å²) in [6.07, 6.45) is 0.208. The van der Waals surface area contributed by atoms with E-state index in [9.17, 15) is 9.18 Å². The van der Waals surface area contributed by atoms with E-state index in [1.54, 1.807) is 32.9 Å². The Hall–Kier alpha value is -2.02. The van der Waals surface area contributed by atoms with Crippen molar-refractivity contribution in [1.82, 2.24) is 5.32 Å². The molecule has 25 heavy (non-hydrogen) atoms. The highest BCUT2D eigenvalue weighted by Crippen LogP contribution is 2.34. The highest BCUT2D eigenvalue weighted by molar-refractivity contribution is 6.28. The number of alkyl halides is 1. The molecule has 0 aromatic heterocycles. The lowest BCUT2D eigenvalue weighted by Crippen LogP contribution is -2.40. The average molecular weight is 371 g/mol. The molecule has 6 nitrogen and oxygen atoms in total. The summed E-state index contributed by atoms with van der Waals surface area (Å²) in [6, 6.07) is 4.51. The molecule has 2 rings (SSSR count). The largest absolute Gasteiger partial charge is 0.444 e. The minimum Gasteiger partial charge on any atom is -0.444 e. The van der Waals surface area contributed by atoms with Gasteiger partial charge in [-0.2, -0.15) is 0 Å². The van der Waals surface area contributed by atoms with Gasteiger partial charge >= 0.3 is 6.09 Å². The van der Waals surface area contributed by atoms with Gasteiger partial charge in [-0.25, -0.2) is 14.2 Å². The first-order chi connectivity index (χ1) is 11.7. The molecule has 1 saturated heterocycles. The van der Waals surface area contributed by atoms with Gasteiger partial charge in [0.15, 0.2) is 0 Å². The summed E-state index contributed by atoms with van der Waals surface area (Å²) in [7, 11) is 0. The van der Waals surface area contributed by atoms with E-state index in [4.69, 9.17) is 22.1 Å². The van der Waals surface area contributed by atoms with Crippen molar-refractivity contribution in [2.75, 3.05) is 23.9 Å². The number of benzene rings is 1. The minimum absolute atomic E-state index is 0.0682. The van der Waals surface area contributed by atoms with Crippen LogP contribution in [0, 0.1) is 5.82 Å². The maximum atomic E-state index is 14.4. The fourth-order valence-corrected chi connectivity index (χ4v) is 2.71. The number of carbonyl (C=O) groups excluding carboxylic acids is 1. The highest BCUT2D eigenvalue weighted by atomic mass is 35.5. The molecule has 1 aromatic carbocycles. The average Bonchev–Trinajstić information content (AvgIpc) is 2.93. The van der Waals surface area contributed by atoms with E-state index in [0.29, 0.717) is 30.9 Å². The van der Waals surface area contributed by atoms with Crippen LogP contribution in [0.2, 0.25) is 0 Å². The number of amidine groups is 1. The summed E-state index contributed by atoms with van der Waals surface area (Å²) < 4.78 is 19.6. The molecule has 0 aliphatic carbocycles. The quantitative estimate of drug-likeness (QED) is 0.484. The monoisotopic (exact) mass is 370 g/mol. The maximum absolute atomic E-state index is 14.4. The van der Waals surface area contributed by atoms with Gasteiger partial charge in [-0.3, -0.25) is 0 Å². The number of hydrogen-bond donors (Lipinski definition) is 2. The highest BCUT2D eigenvalue weighted by Gasteiger charge is 2.29. The Bertz CT molecular complexity index is 661. The number of rotatable bonds is 4. The summed E-state index contributed by atoms with van der Waals surface area (Å²) in [5.74, 6) is -0.101. The van der Waals surface area contributed by atoms with E-state index < -0.39 is 11.7 Å². The summed E-state index contributed by atoms with van der Waals surface area (Å²) >= 11 is 5.66. The van der Waals surface area contributed by atoms with Gasteiger partial charge < -0.3 is 20.7 Å². The van der Waals surface area contributed by atoms with Crippen LogP contribution < -0.4 is 16.0 Å². The van der Waals surface area contributed by atoms with E-state index in [-0.39, 0.29) is 23.6 Å². The number of ether oxygens (including phenoxy) is 1. The lowest BCUT2D eigenvalue weighted by Gasteiger charge is -2.23. The molecule has 1 heterocycles. The Morgan fingerprint density at radius 2 is 2.24 bits per heavy atom. The Kier molecular flexibility index (Phi) is 6.11. The third kappa shape index (κ3) is 5.49. The zero-order valence-electron chi connectivity index (χ0n) is 14.7. The molecule has 0 radical (unpaired) electrons. The number of alkyl carbamates (subject to hydrolysis) is 1. The van der Waals surface area contributed by atoms with Gasteiger partial charge in [0, 0.05) is 13.1 Å². The Morgan fingerprint density at radius 3 is 2.88 bits per heavy atom. The molecule has 8 heteroatoms. The van der Waals surface area contributed by atoms with Crippen molar-refractivity contribution in [1.29, 1.82) is 0 Å². The van der Waals surface area contributed by atoms with Gasteiger partial charge in [-0.1, -0.05) is 6.07 Å². The fraction of sp³-hybridized carbons (Fsp3) is 0.529. The van der Waals surface area contributed by atoms with Crippen LogP contribution >= 0.6 is 11.6 Å². The van der Waals surface area contributed by atoms with E-state index >= 15 is 0 Å². The van der Waals surface area contributed by atoms with Crippen LogP contribution in [-0.2, 0) is 4.74 Å². The molecule has 0 bridgehead atoms. The summed E-state index contributed by atoms with van der Waals surface area (Å²) in [5, 5.41) is 2.82. The smallest absolute Gasteiger partial charge is 0.407 e. The number of carbonyl (C=O) groups is 1. The molecule has 1 aliphatic heterocycles. The minimum atomic E-state index is -0.561. The van der Waals surface area contributed by atoms with Gasteiger partial charge in [0.2, 0.25) is 0 Å². The van der Waals surface area contributed by atoms with E-state index in [1.807, 2.05) is 4.90 Å². The van der Waals surface area contributed by atoms with Crippen molar-refractivity contribution in [3.05, 3.63) is 24.0 Å². The molecular formula is C17H24ClFN4O2. The Morgan fingerprint density at radius 1 is 1.52 bits per heavy atom. The number of nitrogens with two attached hydrogens (primary N) is 1. The Balaban J connectivity index is 2.11. The number of halogens is 2. The normalized spacial score (nSPS) is 18.4. The molecule has 3 N–H and O–H groups in total. The summed E-state index contributed by atoms with van der Waals surface area (Å²) in [4.78, 5) is 17.9. The first-order valence-electron chi connectivity index (χ1n) is 8.11. The van der Waals surface area contributed by atoms with Crippen molar-refractivity contribution >= 4 is 34.9 Å². The van der Waals surface area contributed by atoms with E-state index in [0.717, 1.165) is 0 Å². The number of aliphatic imine (C=N–C) groups is 1. The molecule has 1 aliphatic rings. The van der Waals surface area contributed by atoms with E-state index in [1.165, 1.54) is 6.07 Å². The first-order valence-corrected chi connectivity index (χ1v) is 8.65. The predicted octanol–water partition coefficient (Wildman–Crippen LogP) is 3.16. The Labute approximate surface area is 152 Å². The van der Waals surface area contributed by atoms with Gasteiger partial charge in [-0.05, 0) is 39.3 Å². The predicted molar refractivity (Wildman–Crippen MR) is 98.4 cm³/mol. The fourth-order valence-electron chi connectivity index (χ4n) is 2.65. The molecular weight excluding hydrogens is 347 g/mol. The van der Waals surface area contributed by atoms with Crippen molar-refractivity contribution in [2.45, 2.75) is 38.8 Å². The zero-order valence-corrected chi connectivity index (χ0v) is 15.4.